The summed E-state index contributed by atoms with van der Waals surface area (Å²) in [4.78, 5) is 3.22. The van der Waals surface area contributed by atoms with Gasteiger partial charge in [0.25, 0.3) is 0 Å². The van der Waals surface area contributed by atoms with Gasteiger partial charge in [0.1, 0.15) is 0 Å². The van der Waals surface area contributed by atoms with E-state index in [1.54, 1.807) is 11.3 Å². The second-order valence-electron chi connectivity index (χ2n) is 4.62. The number of H-pyrrole nitrogens is 1. The molecule has 1 N–H and O–H groups in total. The predicted octanol–water partition coefficient (Wildman–Crippen LogP) is 5.24. The van der Waals surface area contributed by atoms with E-state index in [4.69, 9.17) is 12.2 Å². The van der Waals surface area contributed by atoms with Gasteiger partial charge < -0.3 is 4.98 Å². The SMILES string of the molecule is CC(C)c1ccc2cc3[nH]c(=S)sc3cc2c1. The molecular weight excluding hydrogens is 246 g/mol. The van der Waals surface area contributed by atoms with Crippen LogP contribution in [0.2, 0.25) is 0 Å². The number of nitrogens with one attached hydrogen (secondary N) is 1. The molecular formula is C14H13NS2. The molecule has 0 radical (unpaired) electrons. The molecule has 0 saturated heterocycles. The molecule has 0 aliphatic heterocycles. The van der Waals surface area contributed by atoms with E-state index in [1.165, 1.54) is 21.0 Å². The van der Waals surface area contributed by atoms with Crippen molar-refractivity contribution in [3.05, 3.63) is 39.8 Å². The Morgan fingerprint density at radius 2 is 1.94 bits per heavy atom. The topological polar surface area (TPSA) is 15.8 Å². The van der Waals surface area contributed by atoms with E-state index in [-0.39, 0.29) is 0 Å². The Kier molecular flexibility index (Phi) is 2.53. The van der Waals surface area contributed by atoms with Crippen LogP contribution < -0.4 is 0 Å². The van der Waals surface area contributed by atoms with Crippen LogP contribution in [0.1, 0.15) is 25.3 Å². The second kappa shape index (κ2) is 3.93. The van der Waals surface area contributed by atoms with Gasteiger partial charge in [-0.25, -0.2) is 0 Å². The molecule has 0 spiro atoms. The molecule has 3 heteroatoms. The highest BCUT2D eigenvalue weighted by Crippen LogP contribution is 2.28. The second-order valence-corrected chi connectivity index (χ2v) is 6.34. The van der Waals surface area contributed by atoms with Crippen LogP contribution in [0, 0.1) is 3.95 Å². The van der Waals surface area contributed by atoms with E-state index in [2.05, 4.69) is 49.2 Å². The van der Waals surface area contributed by atoms with Gasteiger partial charge in [-0.2, -0.15) is 0 Å². The number of fused-ring (bicyclic) bond motifs is 2. The molecule has 86 valence electrons. The maximum absolute atomic E-state index is 5.18. The molecule has 1 aromatic heterocycles. The van der Waals surface area contributed by atoms with Crippen LogP contribution in [0.3, 0.4) is 0 Å². The number of hydrogen-bond donors (Lipinski definition) is 1. The lowest BCUT2D eigenvalue weighted by Gasteiger charge is -2.06. The molecule has 0 atom stereocenters. The molecule has 1 heterocycles. The Morgan fingerprint density at radius 3 is 2.71 bits per heavy atom. The number of rotatable bonds is 1. The van der Waals surface area contributed by atoms with Gasteiger partial charge in [-0.05, 0) is 46.6 Å². The monoisotopic (exact) mass is 259 g/mol. The van der Waals surface area contributed by atoms with Gasteiger partial charge in [-0.1, -0.05) is 32.0 Å². The maximum atomic E-state index is 5.18. The fraction of sp³-hybridized carbons (Fsp3) is 0.214. The van der Waals surface area contributed by atoms with Gasteiger partial charge in [-0.3, -0.25) is 0 Å². The number of thiazole rings is 1. The van der Waals surface area contributed by atoms with Crippen molar-refractivity contribution >= 4 is 44.5 Å². The van der Waals surface area contributed by atoms with E-state index in [0.29, 0.717) is 5.92 Å². The van der Waals surface area contributed by atoms with Crippen molar-refractivity contribution < 1.29 is 0 Å². The Balaban J connectivity index is 2.35. The molecule has 0 fully saturated rings. The van der Waals surface area contributed by atoms with Crippen LogP contribution in [0.5, 0.6) is 0 Å². The van der Waals surface area contributed by atoms with Crippen molar-refractivity contribution in [1.82, 2.24) is 4.98 Å². The van der Waals surface area contributed by atoms with E-state index in [0.717, 1.165) is 9.47 Å². The standard InChI is InChI=1S/C14H13NS2/c1-8(2)9-3-4-10-6-12-13(7-11(10)5-9)17-14(16)15-12/h3-8H,1-2H3,(H,15,16). The molecule has 0 unspecified atom stereocenters. The van der Waals surface area contributed by atoms with Crippen molar-refractivity contribution in [1.29, 1.82) is 0 Å². The highest BCUT2D eigenvalue weighted by molar-refractivity contribution is 7.73. The predicted molar refractivity (Wildman–Crippen MR) is 78.6 cm³/mol. The Labute approximate surface area is 109 Å². The van der Waals surface area contributed by atoms with E-state index in [9.17, 15) is 0 Å². The van der Waals surface area contributed by atoms with Gasteiger partial charge in [-0.15, -0.1) is 11.3 Å². The molecule has 0 bridgehead atoms. The minimum Gasteiger partial charge on any atom is -0.337 e. The molecule has 1 nitrogen and oxygen atoms in total. The molecule has 0 saturated carbocycles. The zero-order valence-electron chi connectivity index (χ0n) is 9.78. The van der Waals surface area contributed by atoms with Gasteiger partial charge in [0.05, 0.1) is 10.2 Å². The summed E-state index contributed by atoms with van der Waals surface area (Å²) in [6.07, 6.45) is 0. The fourth-order valence-electron chi connectivity index (χ4n) is 2.07. The molecule has 17 heavy (non-hydrogen) atoms. The minimum absolute atomic E-state index is 0.569. The van der Waals surface area contributed by atoms with E-state index >= 15 is 0 Å². The summed E-state index contributed by atoms with van der Waals surface area (Å²) < 4.78 is 2.09. The van der Waals surface area contributed by atoms with Gasteiger partial charge in [0.2, 0.25) is 0 Å². The van der Waals surface area contributed by atoms with Crippen molar-refractivity contribution in [2.24, 2.45) is 0 Å². The number of aromatic amines is 1. The number of aromatic nitrogens is 1. The first-order valence-corrected chi connectivity index (χ1v) is 6.92. The zero-order chi connectivity index (χ0) is 12.0. The lowest BCUT2D eigenvalue weighted by Crippen LogP contribution is -1.86. The molecule has 0 aliphatic rings. The first kappa shape index (κ1) is 10.9. The molecule has 3 rings (SSSR count). The number of benzene rings is 2. The third-order valence-electron chi connectivity index (χ3n) is 3.07. The van der Waals surface area contributed by atoms with Crippen molar-refractivity contribution in [2.75, 3.05) is 0 Å². The summed E-state index contributed by atoms with van der Waals surface area (Å²) in [6.45, 7) is 4.44. The first-order valence-electron chi connectivity index (χ1n) is 5.70. The van der Waals surface area contributed by atoms with Crippen LogP contribution in [-0.4, -0.2) is 4.98 Å². The van der Waals surface area contributed by atoms with Crippen LogP contribution in [-0.2, 0) is 0 Å². The smallest absolute Gasteiger partial charge is 0.159 e. The largest absolute Gasteiger partial charge is 0.337 e. The van der Waals surface area contributed by atoms with Gasteiger partial charge in [0.15, 0.2) is 3.95 Å². The lowest BCUT2D eigenvalue weighted by molar-refractivity contribution is 0.869. The first-order chi connectivity index (χ1) is 8.13. The Bertz CT molecular complexity index is 750. The van der Waals surface area contributed by atoms with Crippen LogP contribution in [0.4, 0.5) is 0 Å². The Morgan fingerprint density at radius 1 is 1.12 bits per heavy atom. The average molecular weight is 259 g/mol. The van der Waals surface area contributed by atoms with Crippen LogP contribution in [0.25, 0.3) is 21.0 Å². The highest BCUT2D eigenvalue weighted by Gasteiger charge is 2.03. The quantitative estimate of drug-likeness (QED) is 0.591. The van der Waals surface area contributed by atoms with E-state index < -0.39 is 0 Å². The normalized spacial score (nSPS) is 11.7. The summed E-state index contributed by atoms with van der Waals surface area (Å²) in [7, 11) is 0. The van der Waals surface area contributed by atoms with Crippen molar-refractivity contribution in [2.45, 2.75) is 19.8 Å². The summed E-state index contributed by atoms with van der Waals surface area (Å²) in [5, 5.41) is 2.57. The maximum Gasteiger partial charge on any atom is 0.159 e. The lowest BCUT2D eigenvalue weighted by atomic mass is 9.99. The molecule has 0 amide bonds. The fourth-order valence-corrected chi connectivity index (χ4v) is 3.22. The minimum atomic E-state index is 0.569. The summed E-state index contributed by atoms with van der Waals surface area (Å²) >= 11 is 6.82. The van der Waals surface area contributed by atoms with Crippen molar-refractivity contribution in [3.8, 4) is 0 Å². The number of hydrogen-bond acceptors (Lipinski definition) is 2. The van der Waals surface area contributed by atoms with Gasteiger partial charge in [0, 0.05) is 0 Å². The zero-order valence-corrected chi connectivity index (χ0v) is 11.4. The van der Waals surface area contributed by atoms with Crippen LogP contribution in [0.15, 0.2) is 30.3 Å². The Hall–Kier alpha value is -1.19. The summed E-state index contributed by atoms with van der Waals surface area (Å²) in [6, 6.07) is 11.1. The third-order valence-corrected chi connectivity index (χ3v) is 4.27. The van der Waals surface area contributed by atoms with Crippen LogP contribution >= 0.6 is 23.6 Å². The third kappa shape index (κ3) is 1.90. The summed E-state index contributed by atoms with van der Waals surface area (Å²) in [5.41, 5.74) is 2.53. The highest BCUT2D eigenvalue weighted by atomic mass is 32.1. The molecule has 0 aliphatic carbocycles. The average Bonchev–Trinajstić information content (AvgIpc) is 2.63. The molecule has 2 aromatic carbocycles. The van der Waals surface area contributed by atoms with Gasteiger partial charge >= 0.3 is 0 Å². The summed E-state index contributed by atoms with van der Waals surface area (Å²) in [5.74, 6) is 0.569. The van der Waals surface area contributed by atoms with E-state index in [1.807, 2.05) is 0 Å². The van der Waals surface area contributed by atoms with Crippen molar-refractivity contribution in [3.63, 3.8) is 0 Å². The molecule has 3 aromatic rings.